The average Bonchev–Trinajstić information content (AvgIpc) is 2.78. The smallest absolute Gasteiger partial charge is 0.319 e. The molecule has 3 atom stereocenters. The molecule has 8 nitrogen and oxygen atoms in total. The molecule has 1 aromatic carbocycles. The highest BCUT2D eigenvalue weighted by Gasteiger charge is 2.35. The Morgan fingerprint density at radius 2 is 1.81 bits per heavy atom. The van der Waals surface area contributed by atoms with Gasteiger partial charge < -0.3 is 25.8 Å². The van der Waals surface area contributed by atoms with Gasteiger partial charge in [0, 0.05) is 37.9 Å². The molecule has 0 spiro atoms. The molecule has 1 aromatic rings. The standard InChI is InChI=1S/C24H39N5O3/c1-6-8-13-25-24(32)29-15-14-28(16-19(29)5)22(30)21(18(4)7-2)27-23(31)26-20-11-9-17(3)10-12-20/h9-12,18-19,21H,6-8,13-16H2,1-5H3,(H,25,32)(H2,26,27,31). The average molecular weight is 446 g/mol. The Labute approximate surface area is 192 Å². The largest absolute Gasteiger partial charge is 0.338 e. The minimum atomic E-state index is -0.623. The van der Waals surface area contributed by atoms with Crippen molar-refractivity contribution in [3.8, 4) is 0 Å². The molecule has 3 N–H and O–H groups in total. The number of nitrogens with zero attached hydrogens (tertiary/aromatic N) is 2. The van der Waals surface area contributed by atoms with E-state index in [-0.39, 0.29) is 23.9 Å². The second-order valence-electron chi connectivity index (χ2n) is 8.74. The number of amides is 5. The highest BCUT2D eigenvalue weighted by Crippen LogP contribution is 2.16. The zero-order valence-electron chi connectivity index (χ0n) is 20.1. The van der Waals surface area contributed by atoms with Crippen LogP contribution in [0.15, 0.2) is 24.3 Å². The third-order valence-corrected chi connectivity index (χ3v) is 6.08. The number of carbonyl (C=O) groups excluding carboxylic acids is 3. The third-order valence-electron chi connectivity index (χ3n) is 6.08. The van der Waals surface area contributed by atoms with Gasteiger partial charge in [0.15, 0.2) is 0 Å². The van der Waals surface area contributed by atoms with Crippen LogP contribution in [0.25, 0.3) is 0 Å². The summed E-state index contributed by atoms with van der Waals surface area (Å²) in [6.45, 7) is 12.0. The summed E-state index contributed by atoms with van der Waals surface area (Å²) in [6, 6.07) is 6.33. The van der Waals surface area contributed by atoms with Gasteiger partial charge in [-0.2, -0.15) is 0 Å². The first kappa shape index (κ1) is 25.5. The molecule has 3 unspecified atom stereocenters. The molecule has 32 heavy (non-hydrogen) atoms. The number of hydrogen-bond donors (Lipinski definition) is 3. The monoisotopic (exact) mass is 445 g/mol. The second kappa shape index (κ2) is 12.3. The SMILES string of the molecule is CCCCNC(=O)N1CCN(C(=O)C(NC(=O)Nc2ccc(C)cc2)C(C)CC)CC1C. The Bertz CT molecular complexity index is 767. The summed E-state index contributed by atoms with van der Waals surface area (Å²) in [4.78, 5) is 41.9. The minimum Gasteiger partial charge on any atom is -0.338 e. The molecule has 1 heterocycles. The number of hydrogen-bond acceptors (Lipinski definition) is 3. The van der Waals surface area contributed by atoms with Crippen LogP contribution in [0.5, 0.6) is 0 Å². The molecule has 0 aliphatic carbocycles. The summed E-state index contributed by atoms with van der Waals surface area (Å²) in [5, 5.41) is 8.64. The number of carbonyl (C=O) groups is 3. The molecule has 0 aromatic heterocycles. The number of urea groups is 2. The van der Waals surface area contributed by atoms with Crippen LogP contribution in [0.4, 0.5) is 15.3 Å². The van der Waals surface area contributed by atoms with Crippen molar-refractivity contribution < 1.29 is 14.4 Å². The molecule has 1 aliphatic rings. The highest BCUT2D eigenvalue weighted by atomic mass is 16.2. The molecule has 1 aliphatic heterocycles. The Balaban J connectivity index is 1.98. The summed E-state index contributed by atoms with van der Waals surface area (Å²) in [7, 11) is 0. The Hall–Kier alpha value is -2.77. The number of benzene rings is 1. The first-order valence-corrected chi connectivity index (χ1v) is 11.7. The van der Waals surface area contributed by atoms with Crippen LogP contribution in [0.1, 0.15) is 52.5 Å². The van der Waals surface area contributed by atoms with Crippen LogP contribution in [0.3, 0.4) is 0 Å². The van der Waals surface area contributed by atoms with Crippen LogP contribution in [-0.2, 0) is 4.79 Å². The third kappa shape index (κ3) is 7.14. The normalized spacial score (nSPS) is 18.0. The van der Waals surface area contributed by atoms with E-state index in [2.05, 4.69) is 22.9 Å². The zero-order chi connectivity index (χ0) is 23.7. The first-order chi connectivity index (χ1) is 15.3. The van der Waals surface area contributed by atoms with Gasteiger partial charge in [-0.05, 0) is 38.3 Å². The molecule has 1 fully saturated rings. The maximum Gasteiger partial charge on any atom is 0.319 e. The summed E-state index contributed by atoms with van der Waals surface area (Å²) in [5.41, 5.74) is 1.79. The Kier molecular flexibility index (Phi) is 9.81. The fourth-order valence-corrected chi connectivity index (χ4v) is 3.76. The lowest BCUT2D eigenvalue weighted by Crippen LogP contribution is -2.61. The van der Waals surface area contributed by atoms with Gasteiger partial charge in [-0.3, -0.25) is 4.79 Å². The summed E-state index contributed by atoms with van der Waals surface area (Å²) >= 11 is 0. The zero-order valence-corrected chi connectivity index (χ0v) is 20.1. The van der Waals surface area contributed by atoms with E-state index in [1.165, 1.54) is 0 Å². The highest BCUT2D eigenvalue weighted by molar-refractivity contribution is 5.94. The van der Waals surface area contributed by atoms with Gasteiger partial charge in [-0.15, -0.1) is 0 Å². The number of anilines is 1. The minimum absolute atomic E-state index is 0.0167. The van der Waals surface area contributed by atoms with Crippen LogP contribution >= 0.6 is 0 Å². The predicted octanol–water partition coefficient (Wildman–Crippen LogP) is 3.57. The summed E-state index contributed by atoms with van der Waals surface area (Å²) in [6.07, 6.45) is 2.74. The summed E-state index contributed by atoms with van der Waals surface area (Å²) in [5.74, 6) is -0.117. The van der Waals surface area contributed by atoms with E-state index in [0.29, 0.717) is 31.9 Å². The fraction of sp³-hybridized carbons (Fsp3) is 0.625. The van der Waals surface area contributed by atoms with Gasteiger partial charge in [-0.1, -0.05) is 51.3 Å². The van der Waals surface area contributed by atoms with E-state index < -0.39 is 12.1 Å². The molecule has 5 amide bonds. The van der Waals surface area contributed by atoms with Crippen LogP contribution < -0.4 is 16.0 Å². The molecule has 178 valence electrons. The quantitative estimate of drug-likeness (QED) is 0.534. The second-order valence-corrected chi connectivity index (χ2v) is 8.74. The van der Waals surface area contributed by atoms with Crippen LogP contribution in [-0.4, -0.2) is 66.0 Å². The Morgan fingerprint density at radius 1 is 1.12 bits per heavy atom. The van der Waals surface area contributed by atoms with E-state index in [4.69, 9.17) is 0 Å². The van der Waals surface area contributed by atoms with Gasteiger partial charge in [0.25, 0.3) is 0 Å². The van der Waals surface area contributed by atoms with Crippen molar-refractivity contribution in [2.45, 2.75) is 66.0 Å². The molecule has 0 radical (unpaired) electrons. The van der Waals surface area contributed by atoms with Crippen LogP contribution in [0, 0.1) is 12.8 Å². The van der Waals surface area contributed by atoms with Crippen molar-refractivity contribution in [2.24, 2.45) is 5.92 Å². The van der Waals surface area contributed by atoms with E-state index >= 15 is 0 Å². The van der Waals surface area contributed by atoms with Crippen molar-refractivity contribution in [1.82, 2.24) is 20.4 Å². The van der Waals surface area contributed by atoms with Crippen molar-refractivity contribution >= 4 is 23.7 Å². The molecule has 0 bridgehead atoms. The van der Waals surface area contributed by atoms with E-state index in [9.17, 15) is 14.4 Å². The van der Waals surface area contributed by atoms with Gasteiger partial charge in [0.2, 0.25) is 5.91 Å². The molecule has 0 saturated carbocycles. The van der Waals surface area contributed by atoms with Gasteiger partial charge in [0.05, 0.1) is 0 Å². The number of aryl methyl sites for hydroxylation is 1. The van der Waals surface area contributed by atoms with Crippen molar-refractivity contribution in [2.75, 3.05) is 31.5 Å². The number of unbranched alkanes of at least 4 members (excludes halogenated alkanes) is 1. The van der Waals surface area contributed by atoms with Gasteiger partial charge in [0.1, 0.15) is 6.04 Å². The van der Waals surface area contributed by atoms with Crippen molar-refractivity contribution in [1.29, 1.82) is 0 Å². The molecule has 8 heteroatoms. The first-order valence-electron chi connectivity index (χ1n) is 11.7. The number of nitrogens with one attached hydrogen (secondary N) is 3. The molecule has 2 rings (SSSR count). The lowest BCUT2D eigenvalue weighted by molar-refractivity contribution is -0.136. The summed E-state index contributed by atoms with van der Waals surface area (Å²) < 4.78 is 0. The van der Waals surface area contributed by atoms with E-state index in [1.54, 1.807) is 9.80 Å². The Morgan fingerprint density at radius 3 is 2.41 bits per heavy atom. The maximum absolute atomic E-state index is 13.3. The van der Waals surface area contributed by atoms with Crippen LogP contribution in [0.2, 0.25) is 0 Å². The molecular weight excluding hydrogens is 406 g/mol. The van der Waals surface area contributed by atoms with E-state index in [0.717, 1.165) is 24.8 Å². The number of piperazine rings is 1. The topological polar surface area (TPSA) is 93.8 Å². The van der Waals surface area contributed by atoms with Crippen molar-refractivity contribution in [3.05, 3.63) is 29.8 Å². The van der Waals surface area contributed by atoms with Crippen molar-refractivity contribution in [3.63, 3.8) is 0 Å². The predicted molar refractivity (Wildman–Crippen MR) is 128 cm³/mol. The molecular formula is C24H39N5O3. The maximum atomic E-state index is 13.3. The van der Waals surface area contributed by atoms with E-state index in [1.807, 2.05) is 52.0 Å². The lowest BCUT2D eigenvalue weighted by atomic mass is 9.97. The molecule has 1 saturated heterocycles. The lowest BCUT2D eigenvalue weighted by Gasteiger charge is -2.41. The van der Waals surface area contributed by atoms with Gasteiger partial charge >= 0.3 is 12.1 Å². The van der Waals surface area contributed by atoms with Gasteiger partial charge in [-0.25, -0.2) is 9.59 Å². The number of rotatable bonds is 8. The fourth-order valence-electron chi connectivity index (χ4n) is 3.76.